The van der Waals surface area contributed by atoms with E-state index in [0.717, 1.165) is 16.8 Å². The van der Waals surface area contributed by atoms with E-state index in [2.05, 4.69) is 26.9 Å². The van der Waals surface area contributed by atoms with E-state index < -0.39 is 11.7 Å². The van der Waals surface area contributed by atoms with E-state index in [-0.39, 0.29) is 17.2 Å². The lowest BCUT2D eigenvalue weighted by molar-refractivity contribution is -0.113. The molecule has 0 bridgehead atoms. The number of amides is 2. The number of nitrogens with zero attached hydrogens (tertiary/aromatic N) is 3. The van der Waals surface area contributed by atoms with Crippen molar-refractivity contribution in [1.82, 2.24) is 20.1 Å². The molecule has 0 aliphatic heterocycles. The van der Waals surface area contributed by atoms with Gasteiger partial charge in [0.2, 0.25) is 5.91 Å². The van der Waals surface area contributed by atoms with Gasteiger partial charge in [-0.1, -0.05) is 30.0 Å². The zero-order valence-electron chi connectivity index (χ0n) is 18.3. The van der Waals surface area contributed by atoms with Gasteiger partial charge in [-0.3, -0.25) is 9.59 Å². The van der Waals surface area contributed by atoms with Crippen molar-refractivity contribution in [2.24, 2.45) is 0 Å². The lowest BCUT2D eigenvalue weighted by atomic mass is 10.1. The molecule has 0 aliphatic carbocycles. The van der Waals surface area contributed by atoms with E-state index in [0.29, 0.717) is 30.5 Å². The van der Waals surface area contributed by atoms with E-state index in [1.165, 1.54) is 30.0 Å². The Kier molecular flexibility index (Phi) is 7.99. The molecule has 3 aromatic rings. The zero-order valence-corrected chi connectivity index (χ0v) is 19.1. The number of rotatable bonds is 9. The number of hydrogen-bond acceptors (Lipinski definition) is 5. The zero-order chi connectivity index (χ0) is 23.1. The van der Waals surface area contributed by atoms with Crippen LogP contribution < -0.4 is 10.6 Å². The van der Waals surface area contributed by atoms with Gasteiger partial charge >= 0.3 is 0 Å². The highest BCUT2D eigenvalue weighted by molar-refractivity contribution is 7.99. The Hall–Kier alpha value is -3.20. The van der Waals surface area contributed by atoms with Crippen LogP contribution in [0.3, 0.4) is 0 Å². The molecular weight excluding hydrogens is 429 g/mol. The summed E-state index contributed by atoms with van der Waals surface area (Å²) in [5.74, 6) is -0.250. The third-order valence-corrected chi connectivity index (χ3v) is 5.67. The minimum Gasteiger partial charge on any atom is -0.351 e. The van der Waals surface area contributed by atoms with Crippen LogP contribution >= 0.6 is 11.8 Å². The summed E-state index contributed by atoms with van der Waals surface area (Å²) in [6.07, 6.45) is 0.441. The van der Waals surface area contributed by atoms with Crippen LogP contribution in [0.5, 0.6) is 0 Å². The maximum Gasteiger partial charge on any atom is 0.254 e. The SMILES string of the molecule is CCn1c(CCNC(=O)c2ccccc2F)nnc1SCC(=O)Nc1cc(C)cc(C)c1. The number of nitrogens with one attached hydrogen (secondary N) is 2. The summed E-state index contributed by atoms with van der Waals surface area (Å²) in [5, 5.41) is 14.6. The van der Waals surface area contributed by atoms with E-state index in [1.807, 2.05) is 37.5 Å². The molecule has 0 fully saturated rings. The van der Waals surface area contributed by atoms with E-state index in [9.17, 15) is 14.0 Å². The maximum atomic E-state index is 13.7. The minimum absolute atomic E-state index is 0.00974. The topological polar surface area (TPSA) is 88.9 Å². The highest BCUT2D eigenvalue weighted by Crippen LogP contribution is 2.19. The predicted molar refractivity (Wildman–Crippen MR) is 123 cm³/mol. The van der Waals surface area contributed by atoms with Crippen molar-refractivity contribution in [3.05, 3.63) is 70.8 Å². The fourth-order valence-electron chi connectivity index (χ4n) is 3.33. The first-order chi connectivity index (χ1) is 15.4. The van der Waals surface area contributed by atoms with Crippen LogP contribution in [0.1, 0.15) is 34.2 Å². The first-order valence-electron chi connectivity index (χ1n) is 10.3. The van der Waals surface area contributed by atoms with Crippen LogP contribution in [0.25, 0.3) is 0 Å². The molecule has 2 N–H and O–H groups in total. The number of benzene rings is 2. The van der Waals surface area contributed by atoms with Gasteiger partial charge in [0, 0.05) is 25.2 Å². The molecular formula is C23H26FN5O2S. The van der Waals surface area contributed by atoms with Gasteiger partial charge in [0.25, 0.3) is 5.91 Å². The number of aromatic nitrogens is 3. The Labute approximate surface area is 190 Å². The Morgan fingerprint density at radius 3 is 2.50 bits per heavy atom. The fourth-order valence-corrected chi connectivity index (χ4v) is 4.15. The smallest absolute Gasteiger partial charge is 0.254 e. The Balaban J connectivity index is 1.53. The highest BCUT2D eigenvalue weighted by Gasteiger charge is 2.15. The van der Waals surface area contributed by atoms with Crippen LogP contribution in [0.2, 0.25) is 0 Å². The van der Waals surface area contributed by atoms with Gasteiger partial charge in [-0.05, 0) is 56.2 Å². The van der Waals surface area contributed by atoms with Gasteiger partial charge in [0.1, 0.15) is 11.6 Å². The molecule has 1 heterocycles. The molecule has 9 heteroatoms. The second-order valence-electron chi connectivity index (χ2n) is 7.34. The third-order valence-electron chi connectivity index (χ3n) is 4.70. The van der Waals surface area contributed by atoms with Crippen molar-refractivity contribution >= 4 is 29.3 Å². The van der Waals surface area contributed by atoms with Crippen LogP contribution in [-0.2, 0) is 17.8 Å². The van der Waals surface area contributed by atoms with Gasteiger partial charge in [-0.15, -0.1) is 10.2 Å². The monoisotopic (exact) mass is 455 g/mol. The molecule has 0 spiro atoms. The number of carbonyl (C=O) groups excluding carboxylic acids is 2. The first kappa shape index (κ1) is 23.5. The molecule has 1 aromatic heterocycles. The Morgan fingerprint density at radius 1 is 1.09 bits per heavy atom. The normalized spacial score (nSPS) is 10.8. The average molecular weight is 456 g/mol. The van der Waals surface area contributed by atoms with Gasteiger partial charge in [-0.25, -0.2) is 4.39 Å². The molecule has 32 heavy (non-hydrogen) atoms. The van der Waals surface area contributed by atoms with Crippen LogP contribution in [0, 0.1) is 19.7 Å². The van der Waals surface area contributed by atoms with Gasteiger partial charge in [-0.2, -0.15) is 0 Å². The Bertz CT molecular complexity index is 1100. The Morgan fingerprint density at radius 2 is 1.81 bits per heavy atom. The summed E-state index contributed by atoms with van der Waals surface area (Å²) in [6.45, 7) is 6.86. The molecule has 7 nitrogen and oxygen atoms in total. The number of anilines is 1. The summed E-state index contributed by atoms with van der Waals surface area (Å²) in [6, 6.07) is 11.8. The summed E-state index contributed by atoms with van der Waals surface area (Å²) in [7, 11) is 0. The molecule has 168 valence electrons. The molecule has 3 rings (SSSR count). The largest absolute Gasteiger partial charge is 0.351 e. The quantitative estimate of drug-likeness (QED) is 0.480. The standard InChI is InChI=1S/C23H26FN5O2S/c1-4-29-20(9-10-25-22(31)18-7-5-6-8-19(18)24)27-28-23(29)32-14-21(30)26-17-12-15(2)11-16(3)13-17/h5-8,11-13H,4,9-10,14H2,1-3H3,(H,25,31)(H,26,30). The molecule has 2 amide bonds. The van der Waals surface area contributed by atoms with Crippen molar-refractivity contribution in [2.75, 3.05) is 17.6 Å². The second kappa shape index (κ2) is 10.9. The van der Waals surface area contributed by atoms with Crippen molar-refractivity contribution in [3.63, 3.8) is 0 Å². The van der Waals surface area contributed by atoms with Gasteiger partial charge in [0.15, 0.2) is 5.16 Å². The molecule has 2 aromatic carbocycles. The summed E-state index contributed by atoms with van der Waals surface area (Å²) in [5.41, 5.74) is 2.96. The van der Waals surface area contributed by atoms with Crippen molar-refractivity contribution in [1.29, 1.82) is 0 Å². The van der Waals surface area contributed by atoms with Crippen molar-refractivity contribution < 1.29 is 14.0 Å². The first-order valence-corrected chi connectivity index (χ1v) is 11.3. The average Bonchev–Trinajstić information content (AvgIpc) is 3.13. The number of carbonyl (C=O) groups is 2. The lowest BCUT2D eigenvalue weighted by Gasteiger charge is -2.09. The van der Waals surface area contributed by atoms with Crippen LogP contribution in [0.15, 0.2) is 47.6 Å². The fraction of sp³-hybridized carbons (Fsp3) is 0.304. The van der Waals surface area contributed by atoms with E-state index in [1.54, 1.807) is 6.07 Å². The molecule has 0 atom stereocenters. The van der Waals surface area contributed by atoms with Crippen molar-refractivity contribution in [2.45, 2.75) is 38.9 Å². The molecule has 0 saturated heterocycles. The number of halogens is 1. The molecule has 0 saturated carbocycles. The van der Waals surface area contributed by atoms with Crippen LogP contribution in [-0.4, -0.2) is 38.9 Å². The number of aryl methyl sites for hydroxylation is 2. The summed E-state index contributed by atoms with van der Waals surface area (Å²) >= 11 is 1.31. The van der Waals surface area contributed by atoms with E-state index in [4.69, 9.17) is 0 Å². The number of thioether (sulfide) groups is 1. The van der Waals surface area contributed by atoms with Crippen molar-refractivity contribution in [3.8, 4) is 0 Å². The predicted octanol–water partition coefficient (Wildman–Crippen LogP) is 3.76. The van der Waals surface area contributed by atoms with Crippen LogP contribution in [0.4, 0.5) is 10.1 Å². The van der Waals surface area contributed by atoms with Gasteiger partial charge < -0.3 is 15.2 Å². The lowest BCUT2D eigenvalue weighted by Crippen LogP contribution is -2.27. The molecule has 0 unspecified atom stereocenters. The summed E-state index contributed by atoms with van der Waals surface area (Å²) in [4.78, 5) is 24.5. The second-order valence-corrected chi connectivity index (χ2v) is 8.28. The summed E-state index contributed by atoms with van der Waals surface area (Å²) < 4.78 is 15.6. The highest BCUT2D eigenvalue weighted by atomic mass is 32.2. The number of hydrogen-bond donors (Lipinski definition) is 2. The van der Waals surface area contributed by atoms with E-state index >= 15 is 0 Å². The third kappa shape index (κ3) is 6.16. The van der Waals surface area contributed by atoms with Gasteiger partial charge in [0.05, 0.1) is 11.3 Å². The minimum atomic E-state index is -0.556. The molecule has 0 aliphatic rings. The maximum absolute atomic E-state index is 13.7. The molecule has 0 radical (unpaired) electrons.